The molecule has 1 aromatic carbocycles. The van der Waals surface area contributed by atoms with E-state index in [1.54, 1.807) is 6.07 Å². The van der Waals surface area contributed by atoms with E-state index in [0.29, 0.717) is 6.54 Å². The van der Waals surface area contributed by atoms with E-state index in [9.17, 15) is 4.79 Å². The second-order valence-corrected chi connectivity index (χ2v) is 4.85. The van der Waals surface area contributed by atoms with Crippen LogP contribution in [-0.4, -0.2) is 23.1 Å². The first-order valence-corrected chi connectivity index (χ1v) is 6.64. The van der Waals surface area contributed by atoms with Crippen molar-refractivity contribution >= 4 is 12.3 Å². The quantitative estimate of drug-likeness (QED) is 0.505. The molecule has 2 N–H and O–H groups in total. The van der Waals surface area contributed by atoms with Gasteiger partial charge < -0.3 is 15.3 Å². The highest BCUT2D eigenvalue weighted by Gasteiger charge is 2.15. The van der Waals surface area contributed by atoms with Gasteiger partial charge in [-0.1, -0.05) is 37.2 Å². The number of nitrogens with zero attached hydrogens (tertiary/aromatic N) is 1. The van der Waals surface area contributed by atoms with Gasteiger partial charge in [-0.3, -0.25) is 0 Å². The zero-order chi connectivity index (χ0) is 15.6. The highest BCUT2D eigenvalue weighted by atomic mass is 16.6. The molecule has 1 amide bonds. The topological polar surface area (TPSA) is 70.9 Å². The maximum Gasteiger partial charge on any atom is 0.407 e. The summed E-state index contributed by atoms with van der Waals surface area (Å²) < 4.78 is 5.12. The van der Waals surface area contributed by atoms with Crippen LogP contribution in [0.25, 0.3) is 0 Å². The van der Waals surface area contributed by atoms with Crippen molar-refractivity contribution in [2.75, 3.05) is 0 Å². The summed E-state index contributed by atoms with van der Waals surface area (Å²) in [7, 11) is 0. The first-order valence-electron chi connectivity index (χ1n) is 6.64. The molecule has 0 aliphatic carbocycles. The van der Waals surface area contributed by atoms with Crippen molar-refractivity contribution in [2.45, 2.75) is 46.8 Å². The van der Waals surface area contributed by atoms with E-state index < -0.39 is 11.7 Å². The van der Waals surface area contributed by atoms with Crippen molar-refractivity contribution < 1.29 is 14.7 Å². The van der Waals surface area contributed by atoms with E-state index in [-0.39, 0.29) is 0 Å². The van der Waals surface area contributed by atoms with Crippen LogP contribution in [0.5, 0.6) is 0 Å². The first kappa shape index (κ1) is 18.0. The van der Waals surface area contributed by atoms with Crippen LogP contribution in [0.15, 0.2) is 29.4 Å². The number of amides is 1. The zero-order valence-corrected chi connectivity index (χ0v) is 12.8. The van der Waals surface area contributed by atoms with Gasteiger partial charge in [-0.15, -0.1) is 0 Å². The Kier molecular flexibility index (Phi) is 8.04. The number of hydrogen-bond acceptors (Lipinski definition) is 4. The third-order valence-electron chi connectivity index (χ3n) is 1.99. The molecule has 5 nitrogen and oxygen atoms in total. The van der Waals surface area contributed by atoms with Crippen LogP contribution >= 0.6 is 0 Å². The molecule has 0 saturated heterocycles. The Morgan fingerprint density at radius 1 is 1.40 bits per heavy atom. The molecule has 0 aliphatic heterocycles. The zero-order valence-electron chi connectivity index (χ0n) is 12.8. The predicted molar refractivity (Wildman–Crippen MR) is 80.2 cm³/mol. The molecule has 1 aromatic rings. The fourth-order valence-corrected chi connectivity index (χ4v) is 1.34. The summed E-state index contributed by atoms with van der Waals surface area (Å²) in [6.45, 7) is 9.79. The maximum absolute atomic E-state index is 11.4. The van der Waals surface area contributed by atoms with Gasteiger partial charge in [0, 0.05) is 6.54 Å². The van der Waals surface area contributed by atoms with E-state index in [4.69, 9.17) is 9.94 Å². The number of alkyl carbamates (subject to hydrolysis) is 1. The SMILES string of the molecule is CC.CC(C)(C)OC(=O)NCc1cccc(/C=N/O)c1. The second-order valence-electron chi connectivity index (χ2n) is 4.85. The highest BCUT2D eigenvalue weighted by molar-refractivity contribution is 5.79. The molecule has 0 bridgehead atoms. The van der Waals surface area contributed by atoms with Gasteiger partial charge in [0.05, 0.1) is 6.21 Å². The molecule has 0 atom stereocenters. The summed E-state index contributed by atoms with van der Waals surface area (Å²) in [5.41, 5.74) is 1.16. The minimum Gasteiger partial charge on any atom is -0.444 e. The lowest BCUT2D eigenvalue weighted by atomic mass is 10.1. The van der Waals surface area contributed by atoms with Crippen molar-refractivity contribution in [3.05, 3.63) is 35.4 Å². The maximum atomic E-state index is 11.4. The lowest BCUT2D eigenvalue weighted by Crippen LogP contribution is -2.32. The van der Waals surface area contributed by atoms with Crippen LogP contribution in [0, 0.1) is 0 Å². The van der Waals surface area contributed by atoms with E-state index in [1.165, 1.54) is 6.21 Å². The Morgan fingerprint density at radius 2 is 2.05 bits per heavy atom. The van der Waals surface area contributed by atoms with Gasteiger partial charge in [0.1, 0.15) is 5.60 Å². The normalized spacial score (nSPS) is 10.7. The largest absolute Gasteiger partial charge is 0.444 e. The molecule has 0 spiro atoms. The van der Waals surface area contributed by atoms with Crippen molar-refractivity contribution in [3.63, 3.8) is 0 Å². The van der Waals surface area contributed by atoms with Crippen LogP contribution in [0.3, 0.4) is 0 Å². The van der Waals surface area contributed by atoms with Crippen molar-refractivity contribution in [1.29, 1.82) is 0 Å². The Balaban J connectivity index is 0.00000172. The minimum absolute atomic E-state index is 0.363. The van der Waals surface area contributed by atoms with Crippen LogP contribution in [0.2, 0.25) is 0 Å². The standard InChI is InChI=1S/C13H18N2O3.C2H6/c1-13(2,3)18-12(16)14-8-10-5-4-6-11(7-10)9-15-17;1-2/h4-7,9,17H,8H2,1-3H3,(H,14,16);1-2H3/b15-9+;. The lowest BCUT2D eigenvalue weighted by molar-refractivity contribution is 0.0523. The molecule has 0 aromatic heterocycles. The lowest BCUT2D eigenvalue weighted by Gasteiger charge is -2.19. The van der Waals surface area contributed by atoms with Gasteiger partial charge in [-0.2, -0.15) is 0 Å². The summed E-state index contributed by atoms with van der Waals surface area (Å²) in [5.74, 6) is 0. The minimum atomic E-state index is -0.504. The van der Waals surface area contributed by atoms with Crippen molar-refractivity contribution in [2.24, 2.45) is 5.16 Å². The Bertz CT molecular complexity index is 437. The van der Waals surface area contributed by atoms with Gasteiger partial charge in [-0.05, 0) is 38.0 Å². The molecule has 0 heterocycles. The molecule has 5 heteroatoms. The summed E-state index contributed by atoms with van der Waals surface area (Å²) in [4.78, 5) is 11.4. The van der Waals surface area contributed by atoms with Gasteiger partial charge in [0.25, 0.3) is 0 Å². The van der Waals surface area contributed by atoms with E-state index in [1.807, 2.05) is 52.8 Å². The summed E-state index contributed by atoms with van der Waals surface area (Å²) >= 11 is 0. The molecule has 1 rings (SSSR count). The van der Waals surface area contributed by atoms with Crippen LogP contribution < -0.4 is 5.32 Å². The number of benzene rings is 1. The number of carbonyl (C=O) groups excluding carboxylic acids is 1. The summed E-state index contributed by atoms with van der Waals surface area (Å²) in [5, 5.41) is 14.0. The number of rotatable bonds is 3. The highest BCUT2D eigenvalue weighted by Crippen LogP contribution is 2.07. The number of ether oxygens (including phenoxy) is 1. The smallest absolute Gasteiger partial charge is 0.407 e. The monoisotopic (exact) mass is 280 g/mol. The Hall–Kier alpha value is -2.04. The average Bonchev–Trinajstić information content (AvgIpc) is 2.38. The summed E-state index contributed by atoms with van der Waals surface area (Å²) in [6.07, 6.45) is 0.875. The third kappa shape index (κ3) is 8.13. The average molecular weight is 280 g/mol. The molecule has 112 valence electrons. The van der Waals surface area contributed by atoms with Crippen molar-refractivity contribution in [1.82, 2.24) is 5.32 Å². The first-order chi connectivity index (χ1) is 9.40. The van der Waals surface area contributed by atoms with Gasteiger partial charge in [0.2, 0.25) is 0 Å². The molecule has 0 fully saturated rings. The number of hydrogen-bond donors (Lipinski definition) is 2. The van der Waals surface area contributed by atoms with Crippen LogP contribution in [0.4, 0.5) is 4.79 Å². The number of nitrogens with one attached hydrogen (secondary N) is 1. The van der Waals surface area contributed by atoms with Crippen LogP contribution in [-0.2, 0) is 11.3 Å². The molecule has 0 unspecified atom stereocenters. The number of carbonyl (C=O) groups is 1. The molecular weight excluding hydrogens is 256 g/mol. The predicted octanol–water partition coefficient (Wildman–Crippen LogP) is 3.55. The van der Waals surface area contributed by atoms with E-state index >= 15 is 0 Å². The molecule has 0 aliphatic rings. The molecule has 20 heavy (non-hydrogen) atoms. The third-order valence-corrected chi connectivity index (χ3v) is 1.99. The van der Waals surface area contributed by atoms with Crippen LogP contribution in [0.1, 0.15) is 45.7 Å². The fraction of sp³-hybridized carbons (Fsp3) is 0.467. The molecule has 0 saturated carbocycles. The number of oxime groups is 1. The fourth-order valence-electron chi connectivity index (χ4n) is 1.34. The summed E-state index contributed by atoms with van der Waals surface area (Å²) in [6, 6.07) is 7.31. The van der Waals surface area contributed by atoms with Crippen molar-refractivity contribution in [3.8, 4) is 0 Å². The molecular formula is C15H24N2O3. The van der Waals surface area contributed by atoms with Gasteiger partial charge in [-0.25, -0.2) is 4.79 Å². The van der Waals surface area contributed by atoms with E-state index in [2.05, 4.69) is 10.5 Å². The van der Waals surface area contributed by atoms with E-state index in [0.717, 1.165) is 11.1 Å². The van der Waals surface area contributed by atoms with Gasteiger partial charge >= 0.3 is 6.09 Å². The second kappa shape index (κ2) is 8.96. The van der Waals surface area contributed by atoms with Gasteiger partial charge in [0.15, 0.2) is 0 Å². The Morgan fingerprint density at radius 3 is 2.60 bits per heavy atom. The molecule has 0 radical (unpaired) electrons. The Labute approximate surface area is 120 Å².